The van der Waals surface area contributed by atoms with Crippen LogP contribution in [-0.4, -0.2) is 51.7 Å². The number of hydrogen-bond donors (Lipinski definition) is 3. The van der Waals surface area contributed by atoms with Crippen molar-refractivity contribution in [3.63, 3.8) is 0 Å². The van der Waals surface area contributed by atoms with Gasteiger partial charge in [0.05, 0.1) is 18.6 Å². The van der Waals surface area contributed by atoms with E-state index in [0.717, 1.165) is 6.07 Å². The van der Waals surface area contributed by atoms with Gasteiger partial charge in [-0.2, -0.15) is 0 Å². The summed E-state index contributed by atoms with van der Waals surface area (Å²) < 4.78 is 35.0. The zero-order valence-corrected chi connectivity index (χ0v) is 13.2. The third kappa shape index (κ3) is 4.55. The molecule has 0 saturated heterocycles. The van der Waals surface area contributed by atoms with Gasteiger partial charge in [0.25, 0.3) is 15.9 Å². The van der Waals surface area contributed by atoms with Gasteiger partial charge in [-0.3, -0.25) is 9.59 Å². The highest BCUT2D eigenvalue weighted by molar-refractivity contribution is 7.89. The van der Waals surface area contributed by atoms with E-state index in [1.807, 2.05) is 0 Å². The Bertz CT molecular complexity index is 652. The number of rotatable bonds is 8. The van der Waals surface area contributed by atoms with Crippen LogP contribution in [0.4, 0.5) is 0 Å². The molecule has 0 fully saturated rings. The fourth-order valence-corrected chi connectivity index (χ4v) is 2.45. The maximum Gasteiger partial charge on any atom is 0.305 e. The van der Waals surface area contributed by atoms with E-state index in [4.69, 9.17) is 14.3 Å². The van der Waals surface area contributed by atoms with Crippen molar-refractivity contribution in [2.75, 3.05) is 20.8 Å². The van der Waals surface area contributed by atoms with Gasteiger partial charge < -0.3 is 19.6 Å². The van der Waals surface area contributed by atoms with E-state index in [2.05, 4.69) is 10.0 Å². The van der Waals surface area contributed by atoms with Crippen molar-refractivity contribution in [3.8, 4) is 0 Å². The van der Waals surface area contributed by atoms with Gasteiger partial charge in [0.2, 0.25) is 5.09 Å². The highest BCUT2D eigenvalue weighted by Gasteiger charge is 2.31. The minimum Gasteiger partial charge on any atom is -0.481 e. The first-order chi connectivity index (χ1) is 10.1. The molecule has 0 aliphatic carbocycles. The molecule has 1 atom stereocenters. The number of furan rings is 1. The van der Waals surface area contributed by atoms with Gasteiger partial charge in [0, 0.05) is 7.11 Å². The smallest absolute Gasteiger partial charge is 0.305 e. The van der Waals surface area contributed by atoms with Gasteiger partial charge >= 0.3 is 5.97 Å². The molecule has 0 aromatic carbocycles. The van der Waals surface area contributed by atoms with E-state index in [1.54, 1.807) is 0 Å². The van der Waals surface area contributed by atoms with Gasteiger partial charge in [0.15, 0.2) is 5.76 Å². The summed E-state index contributed by atoms with van der Waals surface area (Å²) in [5, 5.41) is 10.9. The highest BCUT2D eigenvalue weighted by atomic mass is 32.2. The Labute approximate surface area is 127 Å². The second-order valence-corrected chi connectivity index (χ2v) is 6.66. The maximum absolute atomic E-state index is 12.1. The summed E-state index contributed by atoms with van der Waals surface area (Å²) in [5.74, 6) is -2.10. The van der Waals surface area contributed by atoms with Gasteiger partial charge in [-0.05, 0) is 26.1 Å². The van der Waals surface area contributed by atoms with E-state index in [-0.39, 0.29) is 18.8 Å². The number of carbonyl (C=O) groups excluding carboxylic acids is 1. The predicted octanol–water partition coefficient (Wildman–Crippen LogP) is -0.203. The van der Waals surface area contributed by atoms with Crippen LogP contribution in [0.5, 0.6) is 0 Å². The standard InChI is InChI=1S/C12H18N2O7S/c1-12(7-20-3,6-9(15)16)14-11(17)8-4-5-10(21-8)22(18,19)13-2/h4-5,13H,6-7H2,1-3H3,(H,14,17)(H,15,16). The highest BCUT2D eigenvalue weighted by Crippen LogP contribution is 2.16. The van der Waals surface area contributed by atoms with Crippen LogP contribution in [0.25, 0.3) is 0 Å². The summed E-state index contributed by atoms with van der Waals surface area (Å²) in [6.45, 7) is 1.46. The molecule has 1 aromatic heterocycles. The Balaban J connectivity index is 2.94. The van der Waals surface area contributed by atoms with Crippen LogP contribution in [0.15, 0.2) is 21.6 Å². The lowest BCUT2D eigenvalue weighted by Crippen LogP contribution is -2.50. The average molecular weight is 334 g/mol. The second-order valence-electron chi connectivity index (χ2n) is 4.84. The summed E-state index contributed by atoms with van der Waals surface area (Å²) in [7, 11) is -1.22. The third-order valence-electron chi connectivity index (χ3n) is 2.76. The number of sulfonamides is 1. The summed E-state index contributed by atoms with van der Waals surface area (Å²) in [5.41, 5.74) is -1.16. The number of aliphatic carboxylic acids is 1. The molecule has 124 valence electrons. The molecule has 22 heavy (non-hydrogen) atoms. The Hall–Kier alpha value is -1.91. The number of carboxylic acid groups (broad SMARTS) is 1. The zero-order valence-electron chi connectivity index (χ0n) is 12.4. The second kappa shape index (κ2) is 6.90. The number of methoxy groups -OCH3 is 1. The molecule has 0 bridgehead atoms. The molecule has 0 aliphatic heterocycles. The van der Waals surface area contributed by atoms with Crippen LogP contribution in [0.1, 0.15) is 23.9 Å². The summed E-state index contributed by atoms with van der Waals surface area (Å²) in [4.78, 5) is 22.9. The van der Waals surface area contributed by atoms with E-state index < -0.39 is 32.5 Å². The molecule has 1 unspecified atom stereocenters. The molecule has 9 nitrogen and oxygen atoms in total. The lowest BCUT2D eigenvalue weighted by Gasteiger charge is -2.27. The van der Waals surface area contributed by atoms with Crippen molar-refractivity contribution in [2.24, 2.45) is 0 Å². The number of hydrogen-bond acceptors (Lipinski definition) is 6. The molecule has 1 amide bonds. The fourth-order valence-electron chi connectivity index (χ4n) is 1.81. The van der Waals surface area contributed by atoms with Crippen molar-refractivity contribution in [1.82, 2.24) is 10.0 Å². The quantitative estimate of drug-likeness (QED) is 0.599. The molecule has 1 aromatic rings. The first-order valence-corrected chi connectivity index (χ1v) is 7.68. The molecule has 0 saturated carbocycles. The monoisotopic (exact) mass is 334 g/mol. The van der Waals surface area contributed by atoms with Crippen LogP contribution in [0, 0.1) is 0 Å². The van der Waals surface area contributed by atoms with Crippen LogP contribution < -0.4 is 10.0 Å². The summed E-state index contributed by atoms with van der Waals surface area (Å²) in [6.07, 6.45) is -0.366. The Morgan fingerprint density at radius 1 is 1.41 bits per heavy atom. The fraction of sp³-hybridized carbons (Fsp3) is 0.500. The van der Waals surface area contributed by atoms with E-state index in [9.17, 15) is 18.0 Å². The van der Waals surface area contributed by atoms with Crippen LogP contribution in [-0.2, 0) is 19.6 Å². The zero-order chi connectivity index (χ0) is 17.0. The molecule has 10 heteroatoms. The first kappa shape index (κ1) is 18.1. The minimum atomic E-state index is -3.80. The van der Waals surface area contributed by atoms with Crippen molar-refractivity contribution in [2.45, 2.75) is 24.0 Å². The summed E-state index contributed by atoms with van der Waals surface area (Å²) in [6, 6.07) is 2.32. The largest absolute Gasteiger partial charge is 0.481 e. The first-order valence-electron chi connectivity index (χ1n) is 6.20. The third-order valence-corrected chi connectivity index (χ3v) is 4.04. The Morgan fingerprint density at radius 2 is 2.05 bits per heavy atom. The topological polar surface area (TPSA) is 135 Å². The summed E-state index contributed by atoms with van der Waals surface area (Å²) >= 11 is 0. The van der Waals surface area contributed by atoms with Gasteiger partial charge in [-0.25, -0.2) is 13.1 Å². The van der Waals surface area contributed by atoms with Crippen molar-refractivity contribution in [1.29, 1.82) is 0 Å². The molecular weight excluding hydrogens is 316 g/mol. The molecule has 1 heterocycles. The minimum absolute atomic E-state index is 0.0343. The van der Waals surface area contributed by atoms with Crippen LogP contribution >= 0.6 is 0 Å². The Kier molecular flexibility index (Phi) is 5.69. The van der Waals surface area contributed by atoms with E-state index in [1.165, 1.54) is 27.1 Å². The van der Waals surface area contributed by atoms with Crippen molar-refractivity contribution >= 4 is 21.9 Å². The number of amides is 1. The lowest BCUT2D eigenvalue weighted by atomic mass is 9.99. The number of nitrogens with one attached hydrogen (secondary N) is 2. The molecule has 0 spiro atoms. The number of ether oxygens (including phenoxy) is 1. The normalized spacial score (nSPS) is 14.3. The van der Waals surface area contributed by atoms with E-state index >= 15 is 0 Å². The van der Waals surface area contributed by atoms with Gasteiger partial charge in [-0.1, -0.05) is 0 Å². The maximum atomic E-state index is 12.1. The van der Waals surface area contributed by atoms with Crippen LogP contribution in [0.2, 0.25) is 0 Å². The van der Waals surface area contributed by atoms with Gasteiger partial charge in [-0.15, -0.1) is 0 Å². The van der Waals surface area contributed by atoms with Crippen molar-refractivity contribution < 1.29 is 32.3 Å². The van der Waals surface area contributed by atoms with Crippen LogP contribution in [0.3, 0.4) is 0 Å². The molecule has 3 N–H and O–H groups in total. The molecule has 1 rings (SSSR count). The van der Waals surface area contributed by atoms with Gasteiger partial charge in [0.1, 0.15) is 0 Å². The van der Waals surface area contributed by atoms with Crippen molar-refractivity contribution in [3.05, 3.63) is 17.9 Å². The molecule has 0 aliphatic rings. The number of carboxylic acids is 1. The predicted molar refractivity (Wildman–Crippen MR) is 75.0 cm³/mol. The SMILES string of the molecule is CNS(=O)(=O)c1ccc(C(=O)NC(C)(COC)CC(=O)O)o1. The van der Waals surface area contributed by atoms with E-state index in [0.29, 0.717) is 0 Å². The molecular formula is C12H18N2O7S. The average Bonchev–Trinajstić information content (AvgIpc) is 2.87. The number of carbonyl (C=O) groups is 2. The molecule has 0 radical (unpaired) electrons. The Morgan fingerprint density at radius 3 is 2.55 bits per heavy atom. The lowest BCUT2D eigenvalue weighted by molar-refractivity contribution is -0.139.